The number of anilines is 1. The number of nitrogens with zero attached hydrogens (tertiary/aromatic N) is 3. The SMILES string of the molecule is NC(=O)CCN(C(=O)CSc1nncs1)c1ccccc1. The fraction of sp³-hybridized carbons (Fsp3) is 0.231. The van der Waals surface area contributed by atoms with Gasteiger partial charge in [0.15, 0.2) is 4.34 Å². The number of aromatic nitrogens is 2. The predicted octanol–water partition coefficient (Wildman–Crippen LogP) is 1.54. The summed E-state index contributed by atoms with van der Waals surface area (Å²) in [5.41, 5.74) is 7.54. The van der Waals surface area contributed by atoms with Gasteiger partial charge in [-0.2, -0.15) is 0 Å². The molecule has 0 aliphatic carbocycles. The average molecular weight is 322 g/mol. The summed E-state index contributed by atoms with van der Waals surface area (Å²) in [6, 6.07) is 9.22. The molecule has 0 unspecified atom stereocenters. The molecule has 8 heteroatoms. The van der Waals surface area contributed by atoms with E-state index < -0.39 is 5.91 Å². The van der Waals surface area contributed by atoms with Gasteiger partial charge in [-0.05, 0) is 12.1 Å². The van der Waals surface area contributed by atoms with Crippen molar-refractivity contribution in [3.8, 4) is 0 Å². The number of nitrogens with two attached hydrogens (primary N) is 1. The number of hydrogen-bond donors (Lipinski definition) is 1. The van der Waals surface area contributed by atoms with Crippen LogP contribution >= 0.6 is 23.1 Å². The lowest BCUT2D eigenvalue weighted by molar-refractivity contribution is -0.118. The van der Waals surface area contributed by atoms with E-state index in [2.05, 4.69) is 10.2 Å². The second-order valence-corrected chi connectivity index (χ2v) is 6.15. The molecule has 0 saturated carbocycles. The van der Waals surface area contributed by atoms with E-state index in [1.165, 1.54) is 23.1 Å². The average Bonchev–Trinajstić information content (AvgIpc) is 2.99. The van der Waals surface area contributed by atoms with Gasteiger partial charge in [0.1, 0.15) is 5.51 Å². The van der Waals surface area contributed by atoms with Crippen LogP contribution in [0.2, 0.25) is 0 Å². The summed E-state index contributed by atoms with van der Waals surface area (Å²) in [4.78, 5) is 24.9. The quantitative estimate of drug-likeness (QED) is 0.781. The van der Waals surface area contributed by atoms with Gasteiger partial charge in [-0.25, -0.2) is 0 Å². The van der Waals surface area contributed by atoms with Gasteiger partial charge in [0, 0.05) is 18.7 Å². The van der Waals surface area contributed by atoms with E-state index in [-0.39, 0.29) is 24.6 Å². The van der Waals surface area contributed by atoms with Crippen LogP contribution in [0.4, 0.5) is 5.69 Å². The van der Waals surface area contributed by atoms with Crippen molar-refractivity contribution in [2.75, 3.05) is 17.2 Å². The van der Waals surface area contributed by atoms with Crippen LogP contribution in [-0.2, 0) is 9.59 Å². The van der Waals surface area contributed by atoms with Crippen LogP contribution in [0.5, 0.6) is 0 Å². The molecule has 2 amide bonds. The second-order valence-electron chi connectivity index (χ2n) is 4.09. The number of hydrogen-bond acceptors (Lipinski definition) is 6. The highest BCUT2D eigenvalue weighted by Gasteiger charge is 2.17. The van der Waals surface area contributed by atoms with Crippen molar-refractivity contribution in [2.24, 2.45) is 5.73 Å². The zero-order valence-corrected chi connectivity index (χ0v) is 12.8. The molecule has 0 saturated heterocycles. The molecule has 2 rings (SSSR count). The van der Waals surface area contributed by atoms with Crippen LogP contribution in [-0.4, -0.2) is 34.3 Å². The zero-order valence-electron chi connectivity index (χ0n) is 11.1. The molecule has 1 aromatic carbocycles. The third-order valence-corrected chi connectivity index (χ3v) is 4.45. The molecule has 6 nitrogen and oxygen atoms in total. The molecule has 2 aromatic rings. The largest absolute Gasteiger partial charge is 0.370 e. The summed E-state index contributed by atoms with van der Waals surface area (Å²) in [5.74, 6) is -0.286. The number of primary amides is 1. The van der Waals surface area contributed by atoms with E-state index in [0.717, 1.165) is 10.0 Å². The van der Waals surface area contributed by atoms with E-state index in [0.29, 0.717) is 0 Å². The third kappa shape index (κ3) is 4.83. The molecule has 21 heavy (non-hydrogen) atoms. The summed E-state index contributed by atoms with van der Waals surface area (Å²) in [6.07, 6.45) is 0.129. The van der Waals surface area contributed by atoms with Crippen molar-refractivity contribution < 1.29 is 9.59 Å². The normalized spacial score (nSPS) is 10.3. The Labute approximate surface area is 130 Å². The standard InChI is InChI=1S/C13H14N4O2S2/c14-11(18)6-7-17(10-4-2-1-3-5-10)12(19)8-20-13-16-15-9-21-13/h1-5,9H,6-8H2,(H2,14,18). The molecule has 0 atom stereocenters. The Morgan fingerprint density at radius 1 is 1.29 bits per heavy atom. The van der Waals surface area contributed by atoms with Crippen molar-refractivity contribution in [1.82, 2.24) is 10.2 Å². The van der Waals surface area contributed by atoms with Crippen molar-refractivity contribution in [1.29, 1.82) is 0 Å². The smallest absolute Gasteiger partial charge is 0.237 e. The summed E-state index contributed by atoms with van der Waals surface area (Å²) in [6.45, 7) is 0.273. The summed E-state index contributed by atoms with van der Waals surface area (Å²) >= 11 is 2.72. The van der Waals surface area contributed by atoms with Crippen LogP contribution in [0, 0.1) is 0 Å². The topological polar surface area (TPSA) is 89.2 Å². The van der Waals surface area contributed by atoms with Crippen molar-refractivity contribution >= 4 is 40.6 Å². The Hall–Kier alpha value is -1.93. The van der Waals surface area contributed by atoms with Gasteiger partial charge in [-0.3, -0.25) is 9.59 Å². The van der Waals surface area contributed by atoms with Crippen LogP contribution in [0.1, 0.15) is 6.42 Å². The highest BCUT2D eigenvalue weighted by molar-refractivity contribution is 8.01. The fourth-order valence-electron chi connectivity index (χ4n) is 1.65. The Bertz CT molecular complexity index is 589. The molecule has 0 aliphatic heterocycles. The maximum atomic E-state index is 12.4. The minimum absolute atomic E-state index is 0.0948. The second kappa shape index (κ2) is 7.75. The number of carbonyl (C=O) groups is 2. The molecule has 0 spiro atoms. The number of rotatable bonds is 7. The van der Waals surface area contributed by atoms with Crippen LogP contribution in [0.3, 0.4) is 0 Å². The lowest BCUT2D eigenvalue weighted by Crippen LogP contribution is -2.35. The molecule has 0 bridgehead atoms. The number of amides is 2. The summed E-state index contributed by atoms with van der Waals surface area (Å²) in [5, 5.41) is 7.61. The van der Waals surface area contributed by atoms with Crippen LogP contribution in [0.25, 0.3) is 0 Å². The molecular formula is C13H14N4O2S2. The van der Waals surface area contributed by atoms with Gasteiger partial charge >= 0.3 is 0 Å². The van der Waals surface area contributed by atoms with Gasteiger partial charge in [0.05, 0.1) is 5.75 Å². The fourth-order valence-corrected chi connectivity index (χ4v) is 3.02. The van der Waals surface area contributed by atoms with Gasteiger partial charge in [-0.15, -0.1) is 10.2 Å². The van der Waals surface area contributed by atoms with Crippen LogP contribution < -0.4 is 10.6 Å². The maximum absolute atomic E-state index is 12.4. The Balaban J connectivity index is 2.03. The number of carbonyl (C=O) groups excluding carboxylic acids is 2. The molecule has 2 N–H and O–H groups in total. The minimum Gasteiger partial charge on any atom is -0.370 e. The molecule has 1 aromatic heterocycles. The summed E-state index contributed by atoms with van der Waals surface area (Å²) in [7, 11) is 0. The highest BCUT2D eigenvalue weighted by atomic mass is 32.2. The number of thioether (sulfide) groups is 1. The van der Waals surface area contributed by atoms with Crippen molar-refractivity contribution in [2.45, 2.75) is 10.8 Å². The zero-order chi connectivity index (χ0) is 15.1. The lowest BCUT2D eigenvalue weighted by atomic mass is 10.2. The third-order valence-electron chi connectivity index (χ3n) is 2.61. The monoisotopic (exact) mass is 322 g/mol. The molecule has 0 radical (unpaired) electrons. The molecule has 0 fully saturated rings. The maximum Gasteiger partial charge on any atom is 0.237 e. The van der Waals surface area contributed by atoms with Crippen molar-refractivity contribution in [3.05, 3.63) is 35.8 Å². The van der Waals surface area contributed by atoms with E-state index in [4.69, 9.17) is 5.73 Å². The molecule has 110 valence electrons. The Morgan fingerprint density at radius 3 is 2.67 bits per heavy atom. The lowest BCUT2D eigenvalue weighted by Gasteiger charge is -2.22. The van der Waals surface area contributed by atoms with E-state index in [1.54, 1.807) is 10.4 Å². The first-order valence-electron chi connectivity index (χ1n) is 6.19. The van der Waals surface area contributed by atoms with Gasteiger partial charge in [-0.1, -0.05) is 41.3 Å². The highest BCUT2D eigenvalue weighted by Crippen LogP contribution is 2.21. The van der Waals surface area contributed by atoms with Gasteiger partial charge in [0.2, 0.25) is 11.8 Å². The first kappa shape index (κ1) is 15.5. The van der Waals surface area contributed by atoms with Crippen LogP contribution in [0.15, 0.2) is 40.2 Å². The molecule has 1 heterocycles. The first-order valence-corrected chi connectivity index (χ1v) is 8.06. The molecular weight excluding hydrogens is 308 g/mol. The Kier molecular flexibility index (Phi) is 5.70. The summed E-state index contributed by atoms with van der Waals surface area (Å²) < 4.78 is 0.742. The first-order chi connectivity index (χ1) is 10.2. The van der Waals surface area contributed by atoms with Gasteiger partial charge in [0.25, 0.3) is 0 Å². The number of para-hydroxylation sites is 1. The minimum atomic E-state index is -0.430. The van der Waals surface area contributed by atoms with E-state index in [9.17, 15) is 9.59 Å². The van der Waals surface area contributed by atoms with Gasteiger partial charge < -0.3 is 10.6 Å². The predicted molar refractivity (Wildman–Crippen MR) is 83.2 cm³/mol. The van der Waals surface area contributed by atoms with E-state index in [1.807, 2.05) is 30.3 Å². The molecule has 0 aliphatic rings. The Morgan fingerprint density at radius 2 is 2.05 bits per heavy atom. The number of benzene rings is 1. The van der Waals surface area contributed by atoms with Crippen molar-refractivity contribution in [3.63, 3.8) is 0 Å². The van der Waals surface area contributed by atoms with E-state index >= 15 is 0 Å².